The van der Waals surface area contributed by atoms with Gasteiger partial charge in [0.2, 0.25) is 0 Å². The zero-order chi connectivity index (χ0) is 14.2. The van der Waals surface area contributed by atoms with Crippen LogP contribution in [0.25, 0.3) is 0 Å². The molecule has 0 heterocycles. The van der Waals surface area contributed by atoms with Crippen molar-refractivity contribution in [2.45, 2.75) is 70.4 Å². The second-order valence-corrected chi connectivity index (χ2v) is 6.75. The van der Waals surface area contributed by atoms with Crippen LogP contribution >= 0.6 is 0 Å². The summed E-state index contributed by atoms with van der Waals surface area (Å²) in [5, 5.41) is 3.60. The molecule has 0 aliphatic heterocycles. The number of hydrogen-bond donors (Lipinski definition) is 1. The molecule has 2 aliphatic carbocycles. The Bertz CT molecular complexity index is 251. The van der Waals surface area contributed by atoms with E-state index in [2.05, 4.69) is 17.1 Å². The second kappa shape index (κ2) is 9.01. The zero-order valence-electron chi connectivity index (χ0n) is 13.6. The van der Waals surface area contributed by atoms with E-state index >= 15 is 0 Å². The molecule has 0 radical (unpaired) electrons. The summed E-state index contributed by atoms with van der Waals surface area (Å²) >= 11 is 0. The summed E-state index contributed by atoms with van der Waals surface area (Å²) in [6.45, 7) is 6.89. The van der Waals surface area contributed by atoms with Crippen LogP contribution in [0.4, 0.5) is 0 Å². The summed E-state index contributed by atoms with van der Waals surface area (Å²) < 4.78 is 5.26. The molecule has 1 N–H and O–H groups in total. The fourth-order valence-corrected chi connectivity index (χ4v) is 2.99. The fourth-order valence-electron chi connectivity index (χ4n) is 2.99. The summed E-state index contributed by atoms with van der Waals surface area (Å²) in [4.78, 5) is 2.66. The maximum absolute atomic E-state index is 5.26. The van der Waals surface area contributed by atoms with Gasteiger partial charge in [-0.2, -0.15) is 0 Å². The van der Waals surface area contributed by atoms with Gasteiger partial charge >= 0.3 is 0 Å². The molecule has 2 aliphatic rings. The first-order valence-corrected chi connectivity index (χ1v) is 8.77. The third-order valence-electron chi connectivity index (χ3n) is 4.85. The van der Waals surface area contributed by atoms with Gasteiger partial charge in [0, 0.05) is 25.7 Å². The summed E-state index contributed by atoms with van der Waals surface area (Å²) in [5.41, 5.74) is 0. The molecule has 2 saturated carbocycles. The monoisotopic (exact) mass is 282 g/mol. The van der Waals surface area contributed by atoms with Gasteiger partial charge in [0.15, 0.2) is 0 Å². The highest BCUT2D eigenvalue weighted by Crippen LogP contribution is 2.35. The van der Waals surface area contributed by atoms with Crippen LogP contribution in [-0.2, 0) is 4.74 Å². The zero-order valence-corrected chi connectivity index (χ0v) is 13.6. The molecule has 0 aromatic carbocycles. The van der Waals surface area contributed by atoms with E-state index in [1.54, 1.807) is 0 Å². The van der Waals surface area contributed by atoms with Gasteiger partial charge in [0.25, 0.3) is 0 Å². The van der Waals surface area contributed by atoms with Crippen molar-refractivity contribution in [2.24, 2.45) is 5.92 Å². The normalized spacial score (nSPS) is 20.6. The van der Waals surface area contributed by atoms with Crippen molar-refractivity contribution in [3.05, 3.63) is 0 Å². The van der Waals surface area contributed by atoms with E-state index in [9.17, 15) is 0 Å². The first kappa shape index (κ1) is 16.3. The summed E-state index contributed by atoms with van der Waals surface area (Å²) in [6, 6.07) is 1.64. The van der Waals surface area contributed by atoms with Gasteiger partial charge in [-0.3, -0.25) is 4.90 Å². The van der Waals surface area contributed by atoms with Gasteiger partial charge in [-0.15, -0.1) is 0 Å². The Labute approximate surface area is 125 Å². The average Bonchev–Trinajstić information content (AvgIpc) is 3.32. The number of nitrogens with zero attached hydrogens (tertiary/aromatic N) is 1. The van der Waals surface area contributed by atoms with Crippen molar-refractivity contribution in [1.82, 2.24) is 10.2 Å². The largest absolute Gasteiger partial charge is 0.383 e. The molecule has 0 amide bonds. The lowest BCUT2D eigenvalue weighted by atomic mass is 10.1. The van der Waals surface area contributed by atoms with E-state index in [1.165, 1.54) is 64.5 Å². The molecule has 1 atom stereocenters. The second-order valence-electron chi connectivity index (χ2n) is 6.75. The smallest absolute Gasteiger partial charge is 0.0589 e. The first-order chi connectivity index (χ1) is 9.81. The lowest BCUT2D eigenvalue weighted by molar-refractivity contribution is 0.115. The third-order valence-corrected chi connectivity index (χ3v) is 4.85. The topological polar surface area (TPSA) is 24.5 Å². The van der Waals surface area contributed by atoms with Crippen molar-refractivity contribution < 1.29 is 4.74 Å². The molecule has 1 unspecified atom stereocenters. The molecule has 0 saturated heterocycles. The molecule has 20 heavy (non-hydrogen) atoms. The molecular formula is C17H34N2O. The third kappa shape index (κ3) is 6.55. The van der Waals surface area contributed by atoms with Crippen LogP contribution in [0.3, 0.4) is 0 Å². The quantitative estimate of drug-likeness (QED) is 0.526. The van der Waals surface area contributed by atoms with Crippen LogP contribution in [0.5, 0.6) is 0 Å². The number of rotatable bonds is 13. The van der Waals surface area contributed by atoms with Gasteiger partial charge in [-0.25, -0.2) is 0 Å². The molecule has 2 rings (SSSR count). The van der Waals surface area contributed by atoms with Gasteiger partial charge in [-0.1, -0.05) is 12.8 Å². The molecule has 118 valence electrons. The molecular weight excluding hydrogens is 248 g/mol. The number of methoxy groups -OCH3 is 1. The minimum Gasteiger partial charge on any atom is -0.383 e. The Morgan fingerprint density at radius 2 is 1.80 bits per heavy atom. The average molecular weight is 282 g/mol. The van der Waals surface area contributed by atoms with E-state index in [1.807, 2.05) is 7.11 Å². The standard InChI is InChI=1S/C17H34N2O/c1-15(16-7-8-16)19(13-14-20-2)12-6-4-3-5-11-18-17-9-10-17/h15-18H,3-14H2,1-2H3. The Morgan fingerprint density at radius 1 is 1.05 bits per heavy atom. The van der Waals surface area contributed by atoms with Gasteiger partial charge in [-0.05, 0) is 64.5 Å². The number of unbranched alkanes of at least 4 members (excludes halogenated alkanes) is 3. The van der Waals surface area contributed by atoms with Crippen LogP contribution < -0.4 is 5.32 Å². The molecule has 2 fully saturated rings. The first-order valence-electron chi connectivity index (χ1n) is 8.77. The van der Waals surface area contributed by atoms with Gasteiger partial charge in [0.05, 0.1) is 6.61 Å². The predicted molar refractivity (Wildman–Crippen MR) is 85.1 cm³/mol. The van der Waals surface area contributed by atoms with E-state index in [4.69, 9.17) is 4.74 Å². The van der Waals surface area contributed by atoms with Crippen LogP contribution in [0.1, 0.15) is 58.3 Å². The van der Waals surface area contributed by atoms with Crippen LogP contribution in [0.2, 0.25) is 0 Å². The minimum absolute atomic E-state index is 0.765. The van der Waals surface area contributed by atoms with Crippen molar-refractivity contribution in [2.75, 3.05) is 33.4 Å². The van der Waals surface area contributed by atoms with Gasteiger partial charge < -0.3 is 10.1 Å². The number of nitrogens with one attached hydrogen (secondary N) is 1. The summed E-state index contributed by atoms with van der Waals surface area (Å²) in [7, 11) is 1.81. The molecule has 0 aromatic rings. The Balaban J connectivity index is 1.48. The fraction of sp³-hybridized carbons (Fsp3) is 1.00. The Kier molecular flexibility index (Phi) is 7.32. The van der Waals surface area contributed by atoms with Crippen LogP contribution in [0, 0.1) is 5.92 Å². The summed E-state index contributed by atoms with van der Waals surface area (Å²) in [5.74, 6) is 0.967. The van der Waals surface area contributed by atoms with Crippen molar-refractivity contribution in [1.29, 1.82) is 0 Å². The molecule has 0 bridgehead atoms. The Morgan fingerprint density at radius 3 is 2.45 bits per heavy atom. The number of hydrogen-bond acceptors (Lipinski definition) is 3. The SMILES string of the molecule is COCCN(CCCCCCNC1CC1)C(C)C1CC1. The number of ether oxygens (including phenoxy) is 1. The van der Waals surface area contributed by atoms with E-state index in [0.717, 1.165) is 31.2 Å². The lowest BCUT2D eigenvalue weighted by Crippen LogP contribution is -2.37. The van der Waals surface area contributed by atoms with Crippen LogP contribution in [-0.4, -0.2) is 50.3 Å². The van der Waals surface area contributed by atoms with Crippen molar-refractivity contribution >= 4 is 0 Å². The Hall–Kier alpha value is -0.120. The highest BCUT2D eigenvalue weighted by molar-refractivity contribution is 4.85. The van der Waals surface area contributed by atoms with Crippen molar-refractivity contribution in [3.8, 4) is 0 Å². The van der Waals surface area contributed by atoms with Gasteiger partial charge in [0.1, 0.15) is 0 Å². The summed E-state index contributed by atoms with van der Waals surface area (Å²) in [6.07, 6.45) is 11.2. The molecule has 3 heteroatoms. The highest BCUT2D eigenvalue weighted by Gasteiger charge is 2.31. The van der Waals surface area contributed by atoms with Crippen LogP contribution in [0.15, 0.2) is 0 Å². The van der Waals surface area contributed by atoms with E-state index in [0.29, 0.717) is 0 Å². The maximum atomic E-state index is 5.26. The molecule has 0 spiro atoms. The maximum Gasteiger partial charge on any atom is 0.0589 e. The molecule has 0 aromatic heterocycles. The molecule has 3 nitrogen and oxygen atoms in total. The highest BCUT2D eigenvalue weighted by atomic mass is 16.5. The van der Waals surface area contributed by atoms with E-state index in [-0.39, 0.29) is 0 Å². The predicted octanol–water partition coefficient (Wildman–Crippen LogP) is 3.05. The van der Waals surface area contributed by atoms with Crippen molar-refractivity contribution in [3.63, 3.8) is 0 Å². The lowest BCUT2D eigenvalue weighted by Gasteiger charge is -2.29. The minimum atomic E-state index is 0.765. The van der Waals surface area contributed by atoms with E-state index < -0.39 is 0 Å².